The van der Waals surface area contributed by atoms with Crippen LogP contribution in [-0.2, 0) is 11.3 Å². The summed E-state index contributed by atoms with van der Waals surface area (Å²) >= 11 is 0. The Bertz CT molecular complexity index is 565. The molecule has 0 atom stereocenters. The van der Waals surface area contributed by atoms with Crippen molar-refractivity contribution in [3.05, 3.63) is 29.8 Å². The quantitative estimate of drug-likeness (QED) is 0.323. The number of benzene rings is 1. The number of anilines is 1. The molecule has 0 aliphatic rings. The molecule has 9 heteroatoms. The Hall–Kier alpha value is -1.52. The molecular weight excluding hydrogens is 448 g/mol. The third kappa shape index (κ3) is 10.8. The third-order valence-corrected chi connectivity index (χ3v) is 3.07. The van der Waals surface area contributed by atoms with Gasteiger partial charge in [-0.05, 0) is 24.1 Å². The first kappa shape index (κ1) is 23.5. The topological polar surface area (TPSA) is 65.5 Å². The van der Waals surface area contributed by atoms with Crippen LogP contribution in [0.3, 0.4) is 0 Å². The highest BCUT2D eigenvalue weighted by Gasteiger charge is 2.26. The molecule has 0 heterocycles. The number of nitrogens with zero attached hydrogens (tertiary/aromatic N) is 1. The Morgan fingerprint density at radius 2 is 1.96 bits per heavy atom. The van der Waals surface area contributed by atoms with E-state index >= 15 is 0 Å². The van der Waals surface area contributed by atoms with Gasteiger partial charge in [0, 0.05) is 32.2 Å². The molecule has 0 saturated heterocycles. The molecule has 0 aromatic heterocycles. The van der Waals surface area contributed by atoms with Gasteiger partial charge in [0.1, 0.15) is 0 Å². The zero-order chi connectivity index (χ0) is 18.0. The highest BCUT2D eigenvalue weighted by atomic mass is 127. The minimum absolute atomic E-state index is 0. The van der Waals surface area contributed by atoms with Crippen molar-refractivity contribution >= 4 is 41.5 Å². The molecule has 1 amide bonds. The van der Waals surface area contributed by atoms with Crippen molar-refractivity contribution in [3.8, 4) is 0 Å². The summed E-state index contributed by atoms with van der Waals surface area (Å²) in [4.78, 5) is 15.5. The predicted molar refractivity (Wildman–Crippen MR) is 104 cm³/mol. The largest absolute Gasteiger partial charge is 0.390 e. The number of hydrogen-bond acceptors (Lipinski definition) is 2. The van der Waals surface area contributed by atoms with E-state index in [2.05, 4.69) is 20.9 Å². The first-order valence-electron chi connectivity index (χ1n) is 7.74. The van der Waals surface area contributed by atoms with Gasteiger partial charge in [0.05, 0.1) is 6.42 Å². The van der Waals surface area contributed by atoms with Crippen LogP contribution in [0.4, 0.5) is 18.9 Å². The molecule has 0 bridgehead atoms. The van der Waals surface area contributed by atoms with E-state index in [4.69, 9.17) is 0 Å². The van der Waals surface area contributed by atoms with Gasteiger partial charge in [0.2, 0.25) is 5.91 Å². The van der Waals surface area contributed by atoms with Crippen molar-refractivity contribution in [3.63, 3.8) is 0 Å². The molecule has 1 rings (SSSR count). The molecule has 1 aromatic carbocycles. The van der Waals surface area contributed by atoms with E-state index in [0.29, 0.717) is 24.6 Å². The lowest BCUT2D eigenvalue weighted by atomic mass is 10.2. The van der Waals surface area contributed by atoms with Crippen molar-refractivity contribution in [2.24, 2.45) is 4.99 Å². The Morgan fingerprint density at radius 1 is 1.24 bits per heavy atom. The van der Waals surface area contributed by atoms with Crippen LogP contribution in [0.2, 0.25) is 0 Å². The number of carbonyl (C=O) groups is 1. The van der Waals surface area contributed by atoms with Crippen LogP contribution in [0, 0.1) is 0 Å². The summed E-state index contributed by atoms with van der Waals surface area (Å²) in [6, 6.07) is 7.25. The zero-order valence-electron chi connectivity index (χ0n) is 14.2. The Morgan fingerprint density at radius 3 is 2.56 bits per heavy atom. The second kappa shape index (κ2) is 11.9. The number of alkyl halides is 3. The van der Waals surface area contributed by atoms with E-state index in [0.717, 1.165) is 12.0 Å². The first-order valence-corrected chi connectivity index (χ1v) is 7.74. The molecule has 25 heavy (non-hydrogen) atoms. The predicted octanol–water partition coefficient (Wildman–Crippen LogP) is 3.66. The fraction of sp³-hybridized carbons (Fsp3) is 0.500. The molecule has 0 fully saturated rings. The minimum atomic E-state index is -4.20. The van der Waals surface area contributed by atoms with Crippen LogP contribution in [0.5, 0.6) is 0 Å². The van der Waals surface area contributed by atoms with Crippen LogP contribution in [-0.4, -0.2) is 31.6 Å². The van der Waals surface area contributed by atoms with Crippen molar-refractivity contribution < 1.29 is 18.0 Å². The molecular formula is C16H24F3IN4O. The fourth-order valence-electron chi connectivity index (χ4n) is 1.94. The van der Waals surface area contributed by atoms with Crippen molar-refractivity contribution in [2.75, 3.05) is 18.9 Å². The monoisotopic (exact) mass is 472 g/mol. The van der Waals surface area contributed by atoms with Crippen molar-refractivity contribution in [1.29, 1.82) is 0 Å². The molecule has 3 N–H and O–H groups in total. The maximum absolute atomic E-state index is 12.1. The normalized spacial score (nSPS) is 11.5. The van der Waals surface area contributed by atoms with Crippen LogP contribution < -0.4 is 16.0 Å². The van der Waals surface area contributed by atoms with Gasteiger partial charge in [-0.15, -0.1) is 24.0 Å². The summed E-state index contributed by atoms with van der Waals surface area (Å²) in [5, 5.41) is 8.34. The van der Waals surface area contributed by atoms with E-state index in [1.54, 1.807) is 12.1 Å². The highest BCUT2D eigenvalue weighted by molar-refractivity contribution is 14.0. The van der Waals surface area contributed by atoms with Crippen molar-refractivity contribution in [1.82, 2.24) is 10.6 Å². The molecule has 142 valence electrons. The number of amides is 1. The van der Waals surface area contributed by atoms with Crippen molar-refractivity contribution in [2.45, 2.75) is 38.9 Å². The summed E-state index contributed by atoms with van der Waals surface area (Å²) in [6.45, 7) is 2.07. The van der Waals surface area contributed by atoms with Gasteiger partial charge in [-0.25, -0.2) is 0 Å². The average Bonchev–Trinajstić information content (AvgIpc) is 2.50. The molecule has 0 spiro atoms. The second-order valence-electron chi connectivity index (χ2n) is 5.22. The van der Waals surface area contributed by atoms with Gasteiger partial charge < -0.3 is 16.0 Å². The summed E-state index contributed by atoms with van der Waals surface area (Å²) < 4.78 is 36.4. The smallest absolute Gasteiger partial charge is 0.356 e. The average molecular weight is 472 g/mol. The molecule has 1 aromatic rings. The second-order valence-corrected chi connectivity index (χ2v) is 5.22. The zero-order valence-corrected chi connectivity index (χ0v) is 16.6. The molecule has 0 aliphatic heterocycles. The Kier molecular flexibility index (Phi) is 11.2. The summed E-state index contributed by atoms with van der Waals surface area (Å²) in [6.07, 6.45) is -3.89. The fourth-order valence-corrected chi connectivity index (χ4v) is 1.94. The SMILES string of the molecule is CCCC(=O)Nc1cccc(CNC(=NC)NCCC(F)(F)F)c1.I. The van der Waals surface area contributed by atoms with Gasteiger partial charge in [-0.2, -0.15) is 13.2 Å². The van der Waals surface area contributed by atoms with Crippen LogP contribution in [0.15, 0.2) is 29.3 Å². The Labute approximate surface area is 162 Å². The number of aliphatic imine (C=N–C) groups is 1. The number of nitrogens with one attached hydrogen (secondary N) is 3. The summed E-state index contributed by atoms with van der Waals surface area (Å²) in [7, 11) is 1.49. The number of carbonyl (C=O) groups excluding carboxylic acids is 1. The summed E-state index contributed by atoms with van der Waals surface area (Å²) in [5.74, 6) is 0.243. The van der Waals surface area contributed by atoms with Crippen LogP contribution >= 0.6 is 24.0 Å². The molecule has 0 aliphatic carbocycles. The van der Waals surface area contributed by atoms with Gasteiger partial charge in [0.15, 0.2) is 5.96 Å². The van der Waals surface area contributed by atoms with E-state index in [-0.39, 0.29) is 36.4 Å². The lowest BCUT2D eigenvalue weighted by molar-refractivity contribution is -0.132. The standard InChI is InChI=1S/C16H23F3N4O.HI/c1-3-5-14(24)23-13-7-4-6-12(10-13)11-22-15(20-2)21-9-8-16(17,18)19;/h4,6-7,10H,3,5,8-9,11H2,1-2H3,(H,23,24)(H2,20,21,22);1H. The van der Waals surface area contributed by atoms with E-state index in [9.17, 15) is 18.0 Å². The maximum Gasteiger partial charge on any atom is 0.390 e. The first-order chi connectivity index (χ1) is 11.3. The maximum atomic E-state index is 12.1. The van der Waals surface area contributed by atoms with Gasteiger partial charge in [-0.1, -0.05) is 19.1 Å². The minimum Gasteiger partial charge on any atom is -0.356 e. The highest BCUT2D eigenvalue weighted by Crippen LogP contribution is 2.18. The third-order valence-electron chi connectivity index (χ3n) is 3.07. The summed E-state index contributed by atoms with van der Waals surface area (Å²) in [5.41, 5.74) is 1.57. The van der Waals surface area contributed by atoms with E-state index in [1.165, 1.54) is 7.05 Å². The number of halogens is 4. The number of guanidine groups is 1. The molecule has 0 unspecified atom stereocenters. The van der Waals surface area contributed by atoms with Gasteiger partial charge in [-0.3, -0.25) is 9.79 Å². The number of hydrogen-bond donors (Lipinski definition) is 3. The Balaban J connectivity index is 0.00000576. The molecule has 0 saturated carbocycles. The molecule has 0 radical (unpaired) electrons. The lowest BCUT2D eigenvalue weighted by Crippen LogP contribution is -2.38. The number of rotatable bonds is 7. The van der Waals surface area contributed by atoms with Gasteiger partial charge >= 0.3 is 6.18 Å². The van der Waals surface area contributed by atoms with E-state index in [1.807, 2.05) is 19.1 Å². The van der Waals surface area contributed by atoms with Crippen LogP contribution in [0.25, 0.3) is 0 Å². The molecule has 5 nitrogen and oxygen atoms in total. The van der Waals surface area contributed by atoms with Gasteiger partial charge in [0.25, 0.3) is 0 Å². The lowest BCUT2D eigenvalue weighted by Gasteiger charge is -2.13. The van der Waals surface area contributed by atoms with Crippen LogP contribution in [0.1, 0.15) is 31.7 Å². The van der Waals surface area contributed by atoms with E-state index < -0.39 is 12.6 Å².